The van der Waals surface area contributed by atoms with Crippen LogP contribution in [0.15, 0.2) is 15.5 Å². The van der Waals surface area contributed by atoms with Gasteiger partial charge in [0.15, 0.2) is 0 Å². The van der Waals surface area contributed by atoms with E-state index in [2.05, 4.69) is 26.3 Å². The van der Waals surface area contributed by atoms with Crippen LogP contribution in [0.2, 0.25) is 0 Å². The van der Waals surface area contributed by atoms with Crippen LogP contribution in [0.25, 0.3) is 0 Å². The van der Waals surface area contributed by atoms with Crippen molar-refractivity contribution in [3.63, 3.8) is 0 Å². The van der Waals surface area contributed by atoms with Gasteiger partial charge in [0.05, 0.1) is 31.6 Å². The van der Waals surface area contributed by atoms with E-state index in [1.54, 1.807) is 13.3 Å². The zero-order valence-corrected chi connectivity index (χ0v) is 12.5. The average Bonchev–Trinajstić information content (AvgIpc) is 2.44. The molecule has 1 aromatic rings. The van der Waals surface area contributed by atoms with Crippen molar-refractivity contribution < 1.29 is 9.47 Å². The Morgan fingerprint density at radius 3 is 3.21 bits per heavy atom. The van der Waals surface area contributed by atoms with Crippen molar-refractivity contribution in [3.8, 4) is 0 Å². The number of nitrogens with zero attached hydrogens (tertiary/aromatic N) is 2. The fraction of sp³-hybridized carbons (Fsp3) is 0.667. The molecule has 0 spiro atoms. The lowest BCUT2D eigenvalue weighted by Gasteiger charge is -2.24. The second kappa shape index (κ2) is 7.02. The van der Waals surface area contributed by atoms with Crippen LogP contribution in [0.4, 0.5) is 5.69 Å². The summed E-state index contributed by atoms with van der Waals surface area (Å²) in [7, 11) is 1.60. The lowest BCUT2D eigenvalue weighted by Crippen LogP contribution is -2.32. The molecule has 0 amide bonds. The van der Waals surface area contributed by atoms with E-state index in [4.69, 9.17) is 9.47 Å². The summed E-state index contributed by atoms with van der Waals surface area (Å²) in [4.78, 5) is 12.1. The van der Waals surface area contributed by atoms with Crippen LogP contribution < -0.4 is 10.9 Å². The summed E-state index contributed by atoms with van der Waals surface area (Å²) in [5.41, 5.74) is 0.563. The number of nitrogens with one attached hydrogen (secondary N) is 1. The lowest BCUT2D eigenvalue weighted by molar-refractivity contribution is 0.0876. The number of hydrogen-bond donors (Lipinski definition) is 1. The SMILES string of the molecule is COCCn1ncc(NC2CCCOC2)c(Br)c1=O. The predicted octanol–water partition coefficient (Wildman–Crippen LogP) is 1.24. The van der Waals surface area contributed by atoms with E-state index in [9.17, 15) is 4.79 Å². The molecule has 0 radical (unpaired) electrons. The number of hydrogen-bond acceptors (Lipinski definition) is 5. The molecule has 2 rings (SSSR count). The lowest BCUT2D eigenvalue weighted by atomic mass is 10.1. The van der Waals surface area contributed by atoms with Gasteiger partial charge >= 0.3 is 0 Å². The normalized spacial score (nSPS) is 19.4. The summed E-state index contributed by atoms with van der Waals surface area (Å²) in [5, 5.41) is 7.43. The van der Waals surface area contributed by atoms with Crippen molar-refractivity contribution in [2.45, 2.75) is 25.4 Å². The van der Waals surface area contributed by atoms with Crippen molar-refractivity contribution in [1.82, 2.24) is 9.78 Å². The Morgan fingerprint density at radius 2 is 2.53 bits per heavy atom. The maximum atomic E-state index is 12.1. The quantitative estimate of drug-likeness (QED) is 0.879. The zero-order chi connectivity index (χ0) is 13.7. The molecular formula is C12H18BrN3O3. The van der Waals surface area contributed by atoms with Gasteiger partial charge in [0.25, 0.3) is 5.56 Å². The molecule has 1 aromatic heterocycles. The van der Waals surface area contributed by atoms with Gasteiger partial charge in [0.1, 0.15) is 4.47 Å². The highest BCUT2D eigenvalue weighted by molar-refractivity contribution is 9.10. The Morgan fingerprint density at radius 1 is 1.68 bits per heavy atom. The van der Waals surface area contributed by atoms with Crippen molar-refractivity contribution in [2.24, 2.45) is 0 Å². The minimum absolute atomic E-state index is 0.154. The highest BCUT2D eigenvalue weighted by atomic mass is 79.9. The molecule has 7 heteroatoms. The standard InChI is InChI=1S/C12H18BrN3O3/c1-18-6-4-16-12(17)11(13)10(7-14-16)15-9-3-2-5-19-8-9/h7,9,15H,2-6,8H2,1H3. The molecule has 1 atom stereocenters. The first-order valence-corrected chi connectivity index (χ1v) is 7.10. The largest absolute Gasteiger partial charge is 0.383 e. The summed E-state index contributed by atoms with van der Waals surface area (Å²) in [6.07, 6.45) is 3.74. The van der Waals surface area contributed by atoms with Gasteiger partial charge in [-0.05, 0) is 28.8 Å². The maximum absolute atomic E-state index is 12.1. The van der Waals surface area contributed by atoms with E-state index in [-0.39, 0.29) is 11.6 Å². The van der Waals surface area contributed by atoms with Crippen molar-refractivity contribution in [1.29, 1.82) is 0 Å². The molecule has 19 heavy (non-hydrogen) atoms. The molecule has 1 fully saturated rings. The van der Waals surface area contributed by atoms with Crippen LogP contribution in [0.5, 0.6) is 0 Å². The summed E-state index contributed by atoms with van der Waals surface area (Å²) in [5.74, 6) is 0. The predicted molar refractivity (Wildman–Crippen MR) is 75.5 cm³/mol. The molecule has 0 saturated carbocycles. The van der Waals surface area contributed by atoms with E-state index in [1.807, 2.05) is 0 Å². The van der Waals surface area contributed by atoms with Crippen molar-refractivity contribution >= 4 is 21.6 Å². The van der Waals surface area contributed by atoms with Crippen LogP contribution in [0.3, 0.4) is 0 Å². The number of anilines is 1. The van der Waals surface area contributed by atoms with Crippen LogP contribution >= 0.6 is 15.9 Å². The molecule has 0 bridgehead atoms. The maximum Gasteiger partial charge on any atom is 0.283 e. The van der Waals surface area contributed by atoms with Gasteiger partial charge in [-0.15, -0.1) is 0 Å². The molecule has 0 aliphatic carbocycles. The van der Waals surface area contributed by atoms with E-state index < -0.39 is 0 Å². The summed E-state index contributed by atoms with van der Waals surface area (Å²) in [6.45, 7) is 2.39. The zero-order valence-electron chi connectivity index (χ0n) is 10.9. The third kappa shape index (κ3) is 3.77. The van der Waals surface area contributed by atoms with Gasteiger partial charge in [0.2, 0.25) is 0 Å². The van der Waals surface area contributed by atoms with Gasteiger partial charge in [-0.25, -0.2) is 4.68 Å². The van der Waals surface area contributed by atoms with E-state index in [1.165, 1.54) is 4.68 Å². The van der Waals surface area contributed by atoms with Crippen LogP contribution in [-0.4, -0.2) is 42.8 Å². The molecule has 1 unspecified atom stereocenters. The number of halogens is 1. The number of aromatic nitrogens is 2. The molecule has 2 heterocycles. The van der Waals surface area contributed by atoms with Gasteiger partial charge in [-0.3, -0.25) is 4.79 Å². The third-order valence-electron chi connectivity index (χ3n) is 3.01. The van der Waals surface area contributed by atoms with Crippen LogP contribution in [-0.2, 0) is 16.0 Å². The van der Waals surface area contributed by atoms with E-state index >= 15 is 0 Å². The Balaban J connectivity index is 2.09. The highest BCUT2D eigenvalue weighted by Crippen LogP contribution is 2.19. The first-order chi connectivity index (χ1) is 9.22. The van der Waals surface area contributed by atoms with Gasteiger partial charge < -0.3 is 14.8 Å². The van der Waals surface area contributed by atoms with Gasteiger partial charge in [-0.2, -0.15) is 5.10 Å². The average molecular weight is 332 g/mol. The topological polar surface area (TPSA) is 65.4 Å². The number of methoxy groups -OCH3 is 1. The third-order valence-corrected chi connectivity index (χ3v) is 3.78. The molecule has 1 saturated heterocycles. The summed E-state index contributed by atoms with van der Waals surface area (Å²) >= 11 is 3.33. The van der Waals surface area contributed by atoms with Crippen molar-refractivity contribution in [3.05, 3.63) is 21.0 Å². The Hall–Kier alpha value is -0.920. The minimum Gasteiger partial charge on any atom is -0.383 e. The Bertz CT molecular complexity index is 472. The summed E-state index contributed by atoms with van der Waals surface area (Å²) < 4.78 is 12.2. The Labute approximate surface area is 120 Å². The van der Waals surface area contributed by atoms with E-state index in [0.29, 0.717) is 29.9 Å². The molecule has 106 valence electrons. The molecular weight excluding hydrogens is 314 g/mol. The van der Waals surface area contributed by atoms with Crippen molar-refractivity contribution in [2.75, 3.05) is 32.2 Å². The first-order valence-electron chi connectivity index (χ1n) is 6.31. The number of rotatable bonds is 5. The van der Waals surface area contributed by atoms with Crippen LogP contribution in [0.1, 0.15) is 12.8 Å². The van der Waals surface area contributed by atoms with Gasteiger partial charge in [-0.1, -0.05) is 0 Å². The molecule has 0 aromatic carbocycles. The van der Waals surface area contributed by atoms with E-state index in [0.717, 1.165) is 19.4 Å². The van der Waals surface area contributed by atoms with Crippen LogP contribution in [0, 0.1) is 0 Å². The minimum atomic E-state index is -0.154. The fourth-order valence-electron chi connectivity index (χ4n) is 1.98. The fourth-order valence-corrected chi connectivity index (χ4v) is 2.40. The molecule has 1 aliphatic heterocycles. The molecule has 1 aliphatic rings. The second-order valence-corrected chi connectivity index (χ2v) is 5.24. The first kappa shape index (κ1) is 14.5. The monoisotopic (exact) mass is 331 g/mol. The molecule has 1 N–H and O–H groups in total. The second-order valence-electron chi connectivity index (χ2n) is 4.45. The number of ether oxygens (including phenoxy) is 2. The Kier molecular flexibility index (Phi) is 5.35. The van der Waals surface area contributed by atoms with Gasteiger partial charge in [0, 0.05) is 19.8 Å². The highest BCUT2D eigenvalue weighted by Gasteiger charge is 2.16. The summed E-state index contributed by atoms with van der Waals surface area (Å²) in [6, 6.07) is 0.237. The smallest absolute Gasteiger partial charge is 0.283 e. The molecule has 6 nitrogen and oxygen atoms in total.